The van der Waals surface area contributed by atoms with E-state index >= 15 is 0 Å². The summed E-state index contributed by atoms with van der Waals surface area (Å²) >= 11 is 0. The Hall–Kier alpha value is -0.860. The van der Waals surface area contributed by atoms with Crippen LogP contribution in [-0.2, 0) is 0 Å². The molecule has 1 saturated carbocycles. The Morgan fingerprint density at radius 2 is 1.85 bits per heavy atom. The largest absolute Gasteiger partial charge is 0.329 e. The van der Waals surface area contributed by atoms with Crippen LogP contribution < -0.4 is 5.73 Å². The van der Waals surface area contributed by atoms with Crippen LogP contribution in [0.4, 0.5) is 0 Å². The summed E-state index contributed by atoms with van der Waals surface area (Å²) in [5.74, 6) is 1.62. The zero-order chi connectivity index (χ0) is 14.1. The quantitative estimate of drug-likeness (QED) is 0.906. The van der Waals surface area contributed by atoms with Crippen molar-refractivity contribution in [2.24, 2.45) is 11.7 Å². The van der Waals surface area contributed by atoms with Crippen LogP contribution in [0.3, 0.4) is 0 Å². The van der Waals surface area contributed by atoms with E-state index in [0.717, 1.165) is 18.4 Å². The first-order chi connectivity index (χ1) is 9.70. The van der Waals surface area contributed by atoms with Gasteiger partial charge in [0, 0.05) is 18.6 Å². The van der Waals surface area contributed by atoms with Gasteiger partial charge in [0.05, 0.1) is 0 Å². The van der Waals surface area contributed by atoms with Crippen molar-refractivity contribution in [3.05, 3.63) is 35.4 Å². The number of hydrogen-bond acceptors (Lipinski definition) is 2. The molecule has 2 aliphatic rings. The maximum absolute atomic E-state index is 6.11. The molecule has 20 heavy (non-hydrogen) atoms. The summed E-state index contributed by atoms with van der Waals surface area (Å²) in [4.78, 5) is 2.63. The van der Waals surface area contributed by atoms with Crippen molar-refractivity contribution in [1.29, 1.82) is 0 Å². The molecule has 1 aliphatic carbocycles. The smallest absolute Gasteiger partial charge is 0.0473 e. The Morgan fingerprint density at radius 1 is 1.15 bits per heavy atom. The van der Waals surface area contributed by atoms with Crippen molar-refractivity contribution in [2.75, 3.05) is 13.1 Å². The SMILES string of the molecule is CC1CCCN(C(CN)c2ccc(C3CC3)cc2)C1C. The third kappa shape index (κ3) is 2.77. The summed E-state index contributed by atoms with van der Waals surface area (Å²) in [5.41, 5.74) is 9.03. The van der Waals surface area contributed by atoms with Gasteiger partial charge < -0.3 is 5.73 Å². The van der Waals surface area contributed by atoms with Crippen LogP contribution in [0.25, 0.3) is 0 Å². The van der Waals surface area contributed by atoms with E-state index in [-0.39, 0.29) is 0 Å². The van der Waals surface area contributed by atoms with Crippen molar-refractivity contribution in [2.45, 2.75) is 57.5 Å². The van der Waals surface area contributed by atoms with E-state index in [1.807, 2.05) is 0 Å². The molecule has 2 nitrogen and oxygen atoms in total. The Bertz CT molecular complexity index is 435. The molecule has 3 atom stereocenters. The third-order valence-corrected chi connectivity index (χ3v) is 5.42. The first kappa shape index (κ1) is 14.1. The molecule has 1 aliphatic heterocycles. The summed E-state index contributed by atoms with van der Waals surface area (Å²) < 4.78 is 0. The van der Waals surface area contributed by atoms with E-state index in [1.54, 1.807) is 0 Å². The average Bonchev–Trinajstić information content (AvgIpc) is 3.30. The fourth-order valence-electron chi connectivity index (χ4n) is 3.68. The van der Waals surface area contributed by atoms with E-state index in [4.69, 9.17) is 5.73 Å². The molecule has 0 bridgehead atoms. The van der Waals surface area contributed by atoms with Crippen LogP contribution in [0.5, 0.6) is 0 Å². The molecule has 1 heterocycles. The molecule has 2 N–H and O–H groups in total. The number of benzene rings is 1. The second kappa shape index (κ2) is 5.87. The van der Waals surface area contributed by atoms with E-state index in [0.29, 0.717) is 12.1 Å². The number of nitrogens with two attached hydrogens (primary N) is 1. The number of hydrogen-bond donors (Lipinski definition) is 1. The zero-order valence-electron chi connectivity index (χ0n) is 12.9. The molecule has 0 radical (unpaired) electrons. The summed E-state index contributed by atoms with van der Waals surface area (Å²) in [6, 6.07) is 10.3. The normalized spacial score (nSPS) is 29.4. The van der Waals surface area contributed by atoms with Crippen molar-refractivity contribution in [3.63, 3.8) is 0 Å². The number of rotatable bonds is 4. The van der Waals surface area contributed by atoms with Crippen LogP contribution in [-0.4, -0.2) is 24.0 Å². The molecule has 1 aromatic rings. The minimum Gasteiger partial charge on any atom is -0.329 e. The van der Waals surface area contributed by atoms with Crippen LogP contribution in [0.15, 0.2) is 24.3 Å². The van der Waals surface area contributed by atoms with Crippen molar-refractivity contribution in [3.8, 4) is 0 Å². The lowest BCUT2D eigenvalue weighted by molar-refractivity contribution is 0.0709. The highest BCUT2D eigenvalue weighted by molar-refractivity contribution is 5.30. The predicted molar refractivity (Wildman–Crippen MR) is 84.8 cm³/mol. The topological polar surface area (TPSA) is 29.3 Å². The standard InChI is InChI=1S/C18H28N2/c1-13-4-3-11-20(14(13)2)18(12-19)17-9-7-16(8-10-17)15-5-6-15/h7-10,13-15,18H,3-6,11-12,19H2,1-2H3. The van der Waals surface area contributed by atoms with Gasteiger partial charge in [-0.25, -0.2) is 0 Å². The number of piperidine rings is 1. The van der Waals surface area contributed by atoms with Crippen LogP contribution in [0.2, 0.25) is 0 Å². The van der Waals surface area contributed by atoms with Gasteiger partial charge in [0.25, 0.3) is 0 Å². The maximum Gasteiger partial charge on any atom is 0.0473 e. The van der Waals surface area contributed by atoms with Crippen LogP contribution in [0.1, 0.15) is 62.6 Å². The zero-order valence-corrected chi connectivity index (χ0v) is 12.9. The van der Waals surface area contributed by atoms with Gasteiger partial charge in [-0.3, -0.25) is 4.90 Å². The molecule has 2 fully saturated rings. The Balaban J connectivity index is 1.77. The first-order valence-corrected chi connectivity index (χ1v) is 8.26. The second-order valence-electron chi connectivity index (χ2n) is 6.79. The highest BCUT2D eigenvalue weighted by atomic mass is 15.2. The molecular weight excluding hydrogens is 244 g/mol. The molecule has 3 rings (SSSR count). The van der Waals surface area contributed by atoms with Gasteiger partial charge in [0.2, 0.25) is 0 Å². The van der Waals surface area contributed by atoms with Crippen LogP contribution in [0, 0.1) is 5.92 Å². The van der Waals surface area contributed by atoms with E-state index in [1.165, 1.54) is 43.4 Å². The lowest BCUT2D eigenvalue weighted by Gasteiger charge is -2.42. The van der Waals surface area contributed by atoms with Crippen molar-refractivity contribution < 1.29 is 0 Å². The summed E-state index contributed by atoms with van der Waals surface area (Å²) in [7, 11) is 0. The van der Waals surface area contributed by atoms with Gasteiger partial charge in [-0.05, 0) is 62.1 Å². The molecule has 1 aromatic carbocycles. The average molecular weight is 272 g/mol. The van der Waals surface area contributed by atoms with Gasteiger partial charge in [-0.1, -0.05) is 31.2 Å². The Labute approximate surface area is 123 Å². The Morgan fingerprint density at radius 3 is 2.45 bits per heavy atom. The van der Waals surface area contributed by atoms with Crippen molar-refractivity contribution >= 4 is 0 Å². The molecular formula is C18H28N2. The predicted octanol–water partition coefficient (Wildman–Crippen LogP) is 3.68. The molecule has 1 saturated heterocycles. The minimum atomic E-state index is 0.390. The molecule has 0 spiro atoms. The lowest BCUT2D eigenvalue weighted by atomic mass is 9.89. The number of likely N-dealkylation sites (tertiary alicyclic amines) is 1. The van der Waals surface area contributed by atoms with Crippen LogP contribution >= 0.6 is 0 Å². The van der Waals surface area contributed by atoms with E-state index < -0.39 is 0 Å². The monoisotopic (exact) mass is 272 g/mol. The molecule has 0 amide bonds. The maximum atomic E-state index is 6.11. The molecule has 0 aromatic heterocycles. The first-order valence-electron chi connectivity index (χ1n) is 8.26. The summed E-state index contributed by atoms with van der Waals surface area (Å²) in [5, 5.41) is 0. The second-order valence-corrected chi connectivity index (χ2v) is 6.79. The van der Waals surface area contributed by atoms with E-state index in [2.05, 4.69) is 43.0 Å². The molecule has 110 valence electrons. The highest BCUT2D eigenvalue weighted by Crippen LogP contribution is 2.40. The minimum absolute atomic E-state index is 0.390. The number of nitrogens with zero attached hydrogens (tertiary/aromatic N) is 1. The third-order valence-electron chi connectivity index (χ3n) is 5.42. The molecule has 2 heteroatoms. The summed E-state index contributed by atoms with van der Waals surface area (Å²) in [6.07, 6.45) is 5.42. The molecule has 3 unspecified atom stereocenters. The Kier molecular flexibility index (Phi) is 4.13. The van der Waals surface area contributed by atoms with Gasteiger partial charge >= 0.3 is 0 Å². The van der Waals surface area contributed by atoms with E-state index in [9.17, 15) is 0 Å². The van der Waals surface area contributed by atoms with Crippen molar-refractivity contribution in [1.82, 2.24) is 4.90 Å². The lowest BCUT2D eigenvalue weighted by Crippen LogP contribution is -2.46. The van der Waals surface area contributed by atoms with Gasteiger partial charge in [-0.2, -0.15) is 0 Å². The van der Waals surface area contributed by atoms with Gasteiger partial charge in [0.1, 0.15) is 0 Å². The fraction of sp³-hybridized carbons (Fsp3) is 0.667. The fourth-order valence-corrected chi connectivity index (χ4v) is 3.68. The van der Waals surface area contributed by atoms with Gasteiger partial charge in [-0.15, -0.1) is 0 Å². The summed E-state index contributed by atoms with van der Waals surface area (Å²) in [6.45, 7) is 6.66. The highest BCUT2D eigenvalue weighted by Gasteiger charge is 2.30. The van der Waals surface area contributed by atoms with Gasteiger partial charge in [0.15, 0.2) is 0 Å².